The first-order chi connectivity index (χ1) is 17.0. The third kappa shape index (κ3) is 5.04. The molecule has 2 fully saturated rings. The standard InChI is InChI=1S/C28H32N2O5/c31-25(29-24-13-3-1-2-12-22(24)26(32)33)16-28(14-15-28)30-27(34)35-17-23-20-10-6-4-8-18(20)19-9-5-7-11-21(19)23/h4-11,22-24H,1-3,12-17H2,(H,29,31)(H,30,34)(H,32,33)/t22-,24+/m0/s1. The minimum atomic E-state index is -0.852. The number of ether oxygens (including phenoxy) is 1. The monoisotopic (exact) mass is 476 g/mol. The molecular weight excluding hydrogens is 444 g/mol. The highest BCUT2D eigenvalue weighted by molar-refractivity contribution is 5.81. The largest absolute Gasteiger partial charge is 0.481 e. The van der Waals surface area contributed by atoms with Crippen molar-refractivity contribution in [1.29, 1.82) is 0 Å². The van der Waals surface area contributed by atoms with E-state index >= 15 is 0 Å². The average molecular weight is 477 g/mol. The average Bonchev–Trinajstić information content (AvgIpc) is 3.56. The van der Waals surface area contributed by atoms with Crippen LogP contribution in [0.2, 0.25) is 0 Å². The summed E-state index contributed by atoms with van der Waals surface area (Å²) in [7, 11) is 0. The van der Waals surface area contributed by atoms with E-state index in [1.54, 1.807) is 0 Å². The molecule has 0 saturated heterocycles. The fourth-order valence-electron chi connectivity index (χ4n) is 5.69. The van der Waals surface area contributed by atoms with Crippen molar-refractivity contribution in [2.24, 2.45) is 5.92 Å². The van der Waals surface area contributed by atoms with Gasteiger partial charge in [0.2, 0.25) is 5.91 Å². The molecule has 0 unspecified atom stereocenters. The molecule has 5 rings (SSSR count). The van der Waals surface area contributed by atoms with Crippen LogP contribution in [0.25, 0.3) is 11.1 Å². The highest BCUT2D eigenvalue weighted by Gasteiger charge is 2.47. The molecule has 3 aliphatic rings. The number of hydrogen-bond acceptors (Lipinski definition) is 4. The van der Waals surface area contributed by atoms with Crippen LogP contribution in [0.1, 0.15) is 68.4 Å². The first kappa shape index (κ1) is 23.4. The van der Waals surface area contributed by atoms with E-state index < -0.39 is 23.5 Å². The Bertz CT molecular complexity index is 1080. The fourth-order valence-corrected chi connectivity index (χ4v) is 5.69. The van der Waals surface area contributed by atoms with E-state index in [1.165, 1.54) is 11.1 Å². The molecule has 0 radical (unpaired) electrons. The third-order valence-electron chi connectivity index (χ3n) is 7.74. The van der Waals surface area contributed by atoms with Gasteiger partial charge in [0.1, 0.15) is 6.61 Å². The predicted molar refractivity (Wildman–Crippen MR) is 131 cm³/mol. The molecule has 2 amide bonds. The number of carboxylic acid groups (broad SMARTS) is 1. The molecule has 0 heterocycles. The number of carboxylic acids is 1. The molecule has 35 heavy (non-hydrogen) atoms. The van der Waals surface area contributed by atoms with Gasteiger partial charge >= 0.3 is 12.1 Å². The zero-order valence-corrected chi connectivity index (χ0v) is 19.8. The molecule has 0 bridgehead atoms. The van der Waals surface area contributed by atoms with Crippen LogP contribution in [0.4, 0.5) is 4.79 Å². The second-order valence-corrected chi connectivity index (χ2v) is 10.2. The van der Waals surface area contributed by atoms with Gasteiger partial charge in [-0.15, -0.1) is 0 Å². The van der Waals surface area contributed by atoms with Crippen molar-refractivity contribution in [2.45, 2.75) is 68.9 Å². The number of hydrogen-bond donors (Lipinski definition) is 3. The number of carbonyl (C=O) groups is 3. The Morgan fingerprint density at radius 1 is 0.914 bits per heavy atom. The molecule has 2 atom stereocenters. The van der Waals surface area contributed by atoms with Crippen LogP contribution in [-0.4, -0.2) is 41.3 Å². The summed E-state index contributed by atoms with van der Waals surface area (Å²) < 4.78 is 5.65. The van der Waals surface area contributed by atoms with Crippen molar-refractivity contribution >= 4 is 18.0 Å². The molecule has 3 aliphatic carbocycles. The van der Waals surface area contributed by atoms with Gasteiger partial charge in [0.15, 0.2) is 0 Å². The first-order valence-electron chi connectivity index (χ1n) is 12.6. The number of rotatable bonds is 7. The topological polar surface area (TPSA) is 105 Å². The SMILES string of the molecule is O=C(CC1(NC(=O)OCC2c3ccccc3-c3ccccc32)CC1)N[C@@H]1CCCCC[C@@H]1C(=O)O. The van der Waals surface area contributed by atoms with Gasteiger partial charge in [-0.2, -0.15) is 0 Å². The van der Waals surface area contributed by atoms with Crippen molar-refractivity contribution in [3.05, 3.63) is 59.7 Å². The Hall–Kier alpha value is -3.35. The van der Waals surface area contributed by atoms with E-state index in [4.69, 9.17) is 4.74 Å². The van der Waals surface area contributed by atoms with Crippen molar-refractivity contribution in [3.63, 3.8) is 0 Å². The Morgan fingerprint density at radius 3 is 2.17 bits per heavy atom. The minimum Gasteiger partial charge on any atom is -0.481 e. The Kier molecular flexibility index (Phi) is 6.50. The summed E-state index contributed by atoms with van der Waals surface area (Å²) in [5, 5.41) is 15.4. The van der Waals surface area contributed by atoms with E-state index in [2.05, 4.69) is 34.9 Å². The normalized spacial score (nSPS) is 22.3. The molecule has 184 valence electrons. The molecule has 7 nitrogen and oxygen atoms in total. The summed E-state index contributed by atoms with van der Waals surface area (Å²) in [5.74, 6) is -1.63. The number of amides is 2. The highest BCUT2D eigenvalue weighted by Crippen LogP contribution is 2.44. The predicted octanol–water partition coefficient (Wildman–Crippen LogP) is 4.60. The Balaban J connectivity index is 1.16. The van der Waals surface area contributed by atoms with E-state index in [0.29, 0.717) is 25.7 Å². The van der Waals surface area contributed by atoms with Crippen molar-refractivity contribution in [1.82, 2.24) is 10.6 Å². The lowest BCUT2D eigenvalue weighted by molar-refractivity contribution is -0.143. The molecule has 7 heteroatoms. The van der Waals surface area contributed by atoms with Gasteiger partial charge in [0.05, 0.1) is 11.5 Å². The van der Waals surface area contributed by atoms with Crippen molar-refractivity contribution < 1.29 is 24.2 Å². The van der Waals surface area contributed by atoms with E-state index in [-0.39, 0.29) is 30.9 Å². The Morgan fingerprint density at radius 2 is 1.54 bits per heavy atom. The summed E-state index contributed by atoms with van der Waals surface area (Å²) >= 11 is 0. The van der Waals surface area contributed by atoms with Crippen LogP contribution >= 0.6 is 0 Å². The van der Waals surface area contributed by atoms with Crippen molar-refractivity contribution in [3.8, 4) is 11.1 Å². The van der Waals surface area contributed by atoms with Gasteiger partial charge < -0.3 is 20.5 Å². The summed E-state index contributed by atoms with van der Waals surface area (Å²) in [6.07, 6.45) is 5.07. The molecule has 0 aromatic heterocycles. The molecular formula is C28H32N2O5. The molecule has 0 spiro atoms. The summed E-state index contributed by atoms with van der Waals surface area (Å²) in [6.45, 7) is 0.227. The molecule has 2 aromatic rings. The number of aliphatic carboxylic acids is 1. The maximum Gasteiger partial charge on any atom is 0.407 e. The second kappa shape index (κ2) is 9.72. The van der Waals surface area contributed by atoms with Gasteiger partial charge in [0.25, 0.3) is 0 Å². The lowest BCUT2D eigenvalue weighted by Crippen LogP contribution is -2.46. The third-order valence-corrected chi connectivity index (χ3v) is 7.74. The Labute approximate surface area is 205 Å². The highest BCUT2D eigenvalue weighted by atomic mass is 16.5. The van der Waals surface area contributed by atoms with E-state index in [9.17, 15) is 19.5 Å². The fraction of sp³-hybridized carbons (Fsp3) is 0.464. The number of benzene rings is 2. The summed E-state index contributed by atoms with van der Waals surface area (Å²) in [5.41, 5.74) is 4.05. The van der Waals surface area contributed by atoms with Gasteiger partial charge in [-0.1, -0.05) is 67.8 Å². The van der Waals surface area contributed by atoms with Gasteiger partial charge in [-0.05, 0) is 47.9 Å². The number of fused-ring (bicyclic) bond motifs is 3. The van der Waals surface area contributed by atoms with E-state index in [0.717, 1.165) is 30.4 Å². The summed E-state index contributed by atoms with van der Waals surface area (Å²) in [4.78, 5) is 37.1. The van der Waals surface area contributed by atoms with Crippen LogP contribution in [0.3, 0.4) is 0 Å². The van der Waals surface area contributed by atoms with Gasteiger partial charge in [-0.25, -0.2) is 4.79 Å². The zero-order chi connectivity index (χ0) is 24.4. The maximum atomic E-state index is 12.8. The zero-order valence-electron chi connectivity index (χ0n) is 19.8. The van der Waals surface area contributed by atoms with Crippen LogP contribution < -0.4 is 10.6 Å². The minimum absolute atomic E-state index is 0.0187. The smallest absolute Gasteiger partial charge is 0.407 e. The first-order valence-corrected chi connectivity index (χ1v) is 12.6. The van der Waals surface area contributed by atoms with Crippen LogP contribution in [0, 0.1) is 5.92 Å². The van der Waals surface area contributed by atoms with Gasteiger partial charge in [-0.3, -0.25) is 9.59 Å². The second-order valence-electron chi connectivity index (χ2n) is 10.2. The van der Waals surface area contributed by atoms with Crippen molar-refractivity contribution in [2.75, 3.05) is 6.61 Å². The lowest BCUT2D eigenvalue weighted by atomic mass is 9.94. The van der Waals surface area contributed by atoms with Gasteiger partial charge in [0, 0.05) is 18.4 Å². The summed E-state index contributed by atoms with van der Waals surface area (Å²) in [6, 6.07) is 16.0. The molecule has 2 aromatic carbocycles. The number of nitrogens with one attached hydrogen (secondary N) is 2. The van der Waals surface area contributed by atoms with Crippen LogP contribution in [0.15, 0.2) is 48.5 Å². The van der Waals surface area contributed by atoms with Crippen LogP contribution in [0.5, 0.6) is 0 Å². The van der Waals surface area contributed by atoms with E-state index in [1.807, 2.05) is 24.3 Å². The number of alkyl carbamates (subject to hydrolysis) is 1. The lowest BCUT2D eigenvalue weighted by Gasteiger charge is -2.24. The number of carbonyl (C=O) groups excluding carboxylic acids is 2. The maximum absolute atomic E-state index is 12.8. The quantitative estimate of drug-likeness (QED) is 0.507. The molecule has 2 saturated carbocycles. The molecule has 0 aliphatic heterocycles. The van der Waals surface area contributed by atoms with Crippen LogP contribution in [-0.2, 0) is 14.3 Å². The molecule has 3 N–H and O–H groups in total.